The Bertz CT molecular complexity index is 847. The Morgan fingerprint density at radius 1 is 0.595 bits per heavy atom. The van der Waals surface area contributed by atoms with Crippen LogP contribution in [0.5, 0.6) is 17.2 Å². The van der Waals surface area contributed by atoms with Crippen LogP contribution in [0.4, 0.5) is 5.69 Å². The highest BCUT2D eigenvalue weighted by Crippen LogP contribution is 2.24. The predicted molar refractivity (Wildman–Crippen MR) is 158 cm³/mol. The average Bonchev–Trinajstić information content (AvgIpc) is 2.91. The van der Waals surface area contributed by atoms with E-state index in [4.69, 9.17) is 9.47 Å². The van der Waals surface area contributed by atoms with E-state index in [-0.39, 0.29) is 5.75 Å². The lowest BCUT2D eigenvalue weighted by Crippen LogP contribution is -1.97. The number of aromatic hydroxyl groups is 1. The molecule has 206 valence electrons. The molecule has 0 spiro atoms. The molecule has 0 fully saturated rings. The first kappa shape index (κ1) is 30.7. The topological polar surface area (TPSA) is 51.0 Å². The van der Waals surface area contributed by atoms with E-state index in [1.54, 1.807) is 12.3 Å². The first-order valence-electron chi connectivity index (χ1n) is 15.0. The van der Waals surface area contributed by atoms with Crippen LogP contribution in [0.25, 0.3) is 0 Å². The van der Waals surface area contributed by atoms with E-state index in [9.17, 15) is 5.11 Å². The largest absolute Gasteiger partial charge is 0.507 e. The van der Waals surface area contributed by atoms with E-state index in [2.05, 4.69) is 18.8 Å². The number of ether oxygens (including phenoxy) is 2. The molecule has 0 amide bonds. The smallest absolute Gasteiger partial charge is 0.128 e. The van der Waals surface area contributed by atoms with E-state index in [1.165, 1.54) is 89.9 Å². The maximum absolute atomic E-state index is 10.4. The number of nitrogens with zero attached hydrogens (tertiary/aromatic N) is 1. The molecule has 4 heteroatoms. The fourth-order valence-electron chi connectivity index (χ4n) is 4.35. The molecule has 4 nitrogen and oxygen atoms in total. The molecular weight excluding hydrogens is 458 g/mol. The van der Waals surface area contributed by atoms with Gasteiger partial charge in [-0.25, -0.2) is 0 Å². The molecule has 0 aromatic heterocycles. The number of aliphatic imine (C=N–C) groups is 1. The second kappa shape index (κ2) is 20.6. The van der Waals surface area contributed by atoms with Crippen LogP contribution in [0.15, 0.2) is 47.5 Å². The molecule has 0 bridgehead atoms. The minimum absolute atomic E-state index is 0.183. The van der Waals surface area contributed by atoms with Gasteiger partial charge in [0.25, 0.3) is 0 Å². The lowest BCUT2D eigenvalue weighted by atomic mass is 10.1. The van der Waals surface area contributed by atoms with Gasteiger partial charge < -0.3 is 14.6 Å². The highest BCUT2D eigenvalue weighted by molar-refractivity contribution is 5.85. The van der Waals surface area contributed by atoms with Crippen molar-refractivity contribution in [2.45, 2.75) is 117 Å². The summed E-state index contributed by atoms with van der Waals surface area (Å²) in [5, 5.41) is 10.4. The van der Waals surface area contributed by atoms with Gasteiger partial charge in [-0.2, -0.15) is 0 Å². The molecular formula is C33H51NO3. The van der Waals surface area contributed by atoms with Crippen LogP contribution < -0.4 is 9.47 Å². The second-order valence-corrected chi connectivity index (χ2v) is 10.1. The molecule has 0 aliphatic carbocycles. The van der Waals surface area contributed by atoms with E-state index >= 15 is 0 Å². The highest BCUT2D eigenvalue weighted by atomic mass is 16.5. The summed E-state index contributed by atoms with van der Waals surface area (Å²) in [6.45, 7) is 5.96. The van der Waals surface area contributed by atoms with Crippen LogP contribution in [-0.2, 0) is 0 Å². The summed E-state index contributed by atoms with van der Waals surface area (Å²) in [7, 11) is 0. The zero-order valence-electron chi connectivity index (χ0n) is 23.6. The zero-order chi connectivity index (χ0) is 26.4. The number of hydrogen-bond donors (Lipinski definition) is 1. The normalized spacial score (nSPS) is 11.3. The molecule has 0 saturated heterocycles. The van der Waals surface area contributed by atoms with Crippen LogP contribution >= 0.6 is 0 Å². The molecule has 1 N–H and O–H groups in total. The molecule has 2 rings (SSSR count). The lowest BCUT2D eigenvalue weighted by Gasteiger charge is -2.08. The Morgan fingerprint density at radius 3 is 1.57 bits per heavy atom. The number of phenols is 1. The Labute approximate surface area is 226 Å². The fourth-order valence-corrected chi connectivity index (χ4v) is 4.35. The molecule has 37 heavy (non-hydrogen) atoms. The third-order valence-corrected chi connectivity index (χ3v) is 6.72. The third kappa shape index (κ3) is 14.7. The van der Waals surface area contributed by atoms with Crippen molar-refractivity contribution in [2.24, 2.45) is 4.99 Å². The molecule has 0 unspecified atom stereocenters. The molecule has 0 saturated carbocycles. The Kier molecular flexibility index (Phi) is 17.1. The Balaban J connectivity index is 1.62. The van der Waals surface area contributed by atoms with Crippen molar-refractivity contribution in [3.63, 3.8) is 0 Å². The first-order chi connectivity index (χ1) is 18.2. The summed E-state index contributed by atoms with van der Waals surface area (Å²) >= 11 is 0. The van der Waals surface area contributed by atoms with Gasteiger partial charge >= 0.3 is 0 Å². The van der Waals surface area contributed by atoms with Crippen LogP contribution in [0, 0.1) is 0 Å². The second-order valence-electron chi connectivity index (χ2n) is 10.1. The van der Waals surface area contributed by atoms with Crippen molar-refractivity contribution in [1.82, 2.24) is 0 Å². The lowest BCUT2D eigenvalue weighted by molar-refractivity contribution is 0.302. The van der Waals surface area contributed by atoms with Crippen LogP contribution in [0.1, 0.15) is 122 Å². The number of rotatable bonds is 22. The van der Waals surface area contributed by atoms with E-state index in [1.807, 2.05) is 36.4 Å². The molecule has 0 radical (unpaired) electrons. The SMILES string of the molecule is CCCCCCCCCCOc1ccc(N=Cc2ccc(OCCCCCCCCCC)cc2O)cc1. The highest BCUT2D eigenvalue weighted by Gasteiger charge is 2.03. The van der Waals surface area contributed by atoms with E-state index in [0.29, 0.717) is 17.9 Å². The average molecular weight is 510 g/mol. The van der Waals surface area contributed by atoms with Gasteiger partial charge in [-0.05, 0) is 49.2 Å². The van der Waals surface area contributed by atoms with Crippen LogP contribution in [0.3, 0.4) is 0 Å². The number of benzene rings is 2. The van der Waals surface area contributed by atoms with Gasteiger partial charge in [0.2, 0.25) is 0 Å². The van der Waals surface area contributed by atoms with E-state index in [0.717, 1.165) is 30.9 Å². The number of hydrogen-bond acceptors (Lipinski definition) is 4. The third-order valence-electron chi connectivity index (χ3n) is 6.72. The molecule has 2 aromatic rings. The van der Waals surface area contributed by atoms with Crippen molar-refractivity contribution < 1.29 is 14.6 Å². The van der Waals surface area contributed by atoms with Crippen molar-refractivity contribution in [3.8, 4) is 17.2 Å². The van der Waals surface area contributed by atoms with Gasteiger partial charge in [0.15, 0.2) is 0 Å². The van der Waals surface area contributed by atoms with Crippen LogP contribution in [0.2, 0.25) is 0 Å². The summed E-state index contributed by atoms with van der Waals surface area (Å²) in [6, 6.07) is 13.2. The maximum Gasteiger partial charge on any atom is 0.128 e. The molecule has 0 heterocycles. The van der Waals surface area contributed by atoms with Gasteiger partial charge in [0, 0.05) is 17.8 Å². The summed E-state index contributed by atoms with van der Waals surface area (Å²) in [6.07, 6.45) is 22.3. The summed E-state index contributed by atoms with van der Waals surface area (Å²) in [4.78, 5) is 4.50. The first-order valence-corrected chi connectivity index (χ1v) is 15.0. The summed E-state index contributed by atoms with van der Waals surface area (Å²) in [5.41, 5.74) is 1.50. The van der Waals surface area contributed by atoms with Gasteiger partial charge in [-0.15, -0.1) is 0 Å². The minimum atomic E-state index is 0.183. The van der Waals surface area contributed by atoms with E-state index < -0.39 is 0 Å². The zero-order valence-corrected chi connectivity index (χ0v) is 23.6. The molecule has 0 aliphatic heterocycles. The Morgan fingerprint density at radius 2 is 1.05 bits per heavy atom. The molecule has 0 atom stereocenters. The summed E-state index contributed by atoms with van der Waals surface area (Å²) in [5.74, 6) is 1.76. The predicted octanol–water partition coefficient (Wildman–Crippen LogP) is 10.2. The van der Waals surface area contributed by atoms with Crippen LogP contribution in [-0.4, -0.2) is 24.5 Å². The molecule has 0 aliphatic rings. The minimum Gasteiger partial charge on any atom is -0.507 e. The van der Waals surface area contributed by atoms with Crippen molar-refractivity contribution in [3.05, 3.63) is 48.0 Å². The number of phenolic OH excluding ortho intramolecular Hbond substituents is 1. The number of unbranched alkanes of at least 4 members (excludes halogenated alkanes) is 14. The monoisotopic (exact) mass is 509 g/mol. The fraction of sp³-hybridized carbons (Fsp3) is 0.606. The Hall–Kier alpha value is -2.49. The van der Waals surface area contributed by atoms with Crippen molar-refractivity contribution in [1.29, 1.82) is 0 Å². The quantitative estimate of drug-likeness (QED) is 0.127. The van der Waals surface area contributed by atoms with Gasteiger partial charge in [-0.1, -0.05) is 104 Å². The standard InChI is InChI=1S/C33H51NO3/c1-3-5-7-9-11-13-15-17-25-36-31-23-20-30(21-24-31)34-28-29-19-22-32(27-33(29)35)37-26-18-16-14-12-10-8-6-4-2/h19-24,27-28,35H,3-18,25-26H2,1-2H3. The van der Waals surface area contributed by atoms with Gasteiger partial charge in [0.05, 0.1) is 18.9 Å². The maximum atomic E-state index is 10.4. The van der Waals surface area contributed by atoms with Crippen molar-refractivity contribution >= 4 is 11.9 Å². The summed E-state index contributed by atoms with van der Waals surface area (Å²) < 4.78 is 11.7. The molecule has 2 aromatic carbocycles. The van der Waals surface area contributed by atoms with Crippen molar-refractivity contribution in [2.75, 3.05) is 13.2 Å². The van der Waals surface area contributed by atoms with Gasteiger partial charge in [0.1, 0.15) is 17.2 Å². The van der Waals surface area contributed by atoms with Gasteiger partial charge in [-0.3, -0.25) is 4.99 Å².